The largest absolute Gasteiger partial charge is 0.451 e. The maximum atomic E-state index is 12.6. The van der Waals surface area contributed by atoms with Gasteiger partial charge in [-0.05, 0) is 61.8 Å². The Hall–Kier alpha value is -2.14. The second kappa shape index (κ2) is 6.88. The number of hydrogen-bond donors (Lipinski definition) is 0. The third-order valence-electron chi connectivity index (χ3n) is 5.33. The molecule has 2 atom stereocenters. The molecule has 0 unspecified atom stereocenters. The molecule has 0 spiro atoms. The summed E-state index contributed by atoms with van der Waals surface area (Å²) in [6, 6.07) is 9.96. The van der Waals surface area contributed by atoms with Crippen molar-refractivity contribution < 1.29 is 14.3 Å². The topological polar surface area (TPSA) is 46.6 Å². The number of thiophene rings is 1. The summed E-state index contributed by atoms with van der Waals surface area (Å²) >= 11 is 1.52. The van der Waals surface area contributed by atoms with Gasteiger partial charge in [-0.1, -0.05) is 25.1 Å². The maximum Gasteiger partial charge on any atom is 0.348 e. The van der Waals surface area contributed by atoms with E-state index in [1.54, 1.807) is 4.90 Å². The molecule has 1 aromatic heterocycles. The number of esters is 1. The van der Waals surface area contributed by atoms with E-state index < -0.39 is 0 Å². The highest BCUT2D eigenvalue weighted by Gasteiger charge is 2.31. The second-order valence-corrected chi connectivity index (χ2v) is 8.57. The normalized spacial score (nSPS) is 21.2. The molecular weight excluding hydrogens is 346 g/mol. The molecular formula is C21H23NO3S. The van der Waals surface area contributed by atoms with Crippen LogP contribution in [0, 0.1) is 5.92 Å². The summed E-state index contributed by atoms with van der Waals surface area (Å²) in [6.07, 6.45) is 4.08. The molecule has 1 aliphatic heterocycles. The molecule has 136 valence electrons. The van der Waals surface area contributed by atoms with E-state index in [9.17, 15) is 9.59 Å². The van der Waals surface area contributed by atoms with Gasteiger partial charge in [0.2, 0.25) is 0 Å². The van der Waals surface area contributed by atoms with Crippen molar-refractivity contribution in [1.29, 1.82) is 0 Å². The number of amides is 1. The van der Waals surface area contributed by atoms with Gasteiger partial charge in [0, 0.05) is 16.6 Å². The molecule has 26 heavy (non-hydrogen) atoms. The van der Waals surface area contributed by atoms with Crippen LogP contribution in [-0.2, 0) is 28.8 Å². The highest BCUT2D eigenvalue weighted by Crippen LogP contribution is 2.33. The highest BCUT2D eigenvalue weighted by molar-refractivity contribution is 7.14. The molecule has 0 fully saturated rings. The van der Waals surface area contributed by atoms with Gasteiger partial charge in [-0.15, -0.1) is 11.3 Å². The lowest BCUT2D eigenvalue weighted by molar-refractivity contribution is -0.122. The van der Waals surface area contributed by atoms with Gasteiger partial charge >= 0.3 is 5.97 Å². The van der Waals surface area contributed by atoms with Crippen molar-refractivity contribution in [3.63, 3.8) is 0 Å². The summed E-state index contributed by atoms with van der Waals surface area (Å²) in [6.45, 7) is 4.05. The first-order valence-electron chi connectivity index (χ1n) is 9.21. The molecule has 0 saturated carbocycles. The van der Waals surface area contributed by atoms with Crippen LogP contribution in [0.2, 0.25) is 0 Å². The summed E-state index contributed by atoms with van der Waals surface area (Å²) in [5, 5.41) is 0. The standard InChI is InChI=1S/C21H23NO3S/c1-13-7-8-18-16(9-13)11-19(26-18)21(24)25-12-20(23)22-14(2)10-15-5-3-4-6-17(15)22/h3-6,11,13-14H,7-10,12H2,1-2H3/t13-,14+/m1/s1. The van der Waals surface area contributed by atoms with Gasteiger partial charge in [0.25, 0.3) is 5.91 Å². The van der Waals surface area contributed by atoms with E-state index in [4.69, 9.17) is 4.74 Å². The van der Waals surface area contributed by atoms with Gasteiger partial charge in [-0.25, -0.2) is 4.79 Å². The Morgan fingerprint density at radius 2 is 2.00 bits per heavy atom. The minimum Gasteiger partial charge on any atom is -0.451 e. The number of nitrogens with zero attached hydrogens (tertiary/aromatic N) is 1. The number of para-hydroxylation sites is 1. The summed E-state index contributed by atoms with van der Waals surface area (Å²) in [5.74, 6) is 0.121. The van der Waals surface area contributed by atoms with Crippen molar-refractivity contribution in [2.75, 3.05) is 11.5 Å². The SMILES string of the molecule is C[C@@H]1CCc2sc(C(=O)OCC(=O)N3c4ccccc4C[C@@H]3C)cc2C1. The van der Waals surface area contributed by atoms with E-state index in [1.165, 1.54) is 33.8 Å². The fraction of sp³-hybridized carbons (Fsp3) is 0.429. The van der Waals surface area contributed by atoms with Crippen LogP contribution in [0.3, 0.4) is 0 Å². The Morgan fingerprint density at radius 3 is 2.85 bits per heavy atom. The van der Waals surface area contributed by atoms with Crippen LogP contribution in [0.15, 0.2) is 30.3 Å². The fourth-order valence-corrected chi connectivity index (χ4v) is 5.12. The lowest BCUT2D eigenvalue weighted by atomic mass is 9.90. The van der Waals surface area contributed by atoms with Crippen molar-refractivity contribution in [3.8, 4) is 0 Å². The Balaban J connectivity index is 1.41. The summed E-state index contributed by atoms with van der Waals surface area (Å²) in [7, 11) is 0. The van der Waals surface area contributed by atoms with Crippen LogP contribution < -0.4 is 4.90 Å². The van der Waals surface area contributed by atoms with Crippen molar-refractivity contribution in [3.05, 3.63) is 51.2 Å². The van der Waals surface area contributed by atoms with Gasteiger partial charge in [0.05, 0.1) is 0 Å². The number of ether oxygens (including phenoxy) is 1. The zero-order valence-electron chi connectivity index (χ0n) is 15.2. The van der Waals surface area contributed by atoms with Gasteiger partial charge < -0.3 is 9.64 Å². The van der Waals surface area contributed by atoms with E-state index >= 15 is 0 Å². The minimum atomic E-state index is -0.384. The molecule has 4 rings (SSSR count). The van der Waals surface area contributed by atoms with Gasteiger partial charge in [0.15, 0.2) is 6.61 Å². The fourth-order valence-electron chi connectivity index (χ4n) is 4.02. The van der Waals surface area contributed by atoms with E-state index in [-0.39, 0.29) is 24.5 Å². The molecule has 0 radical (unpaired) electrons. The molecule has 1 amide bonds. The molecule has 2 aliphatic rings. The minimum absolute atomic E-state index is 0.0918. The Kier molecular flexibility index (Phi) is 4.57. The zero-order valence-corrected chi connectivity index (χ0v) is 16.0. The van der Waals surface area contributed by atoms with Gasteiger partial charge in [0.1, 0.15) is 4.88 Å². The number of anilines is 1. The molecule has 5 heteroatoms. The number of benzene rings is 1. The summed E-state index contributed by atoms with van der Waals surface area (Å²) in [4.78, 5) is 28.7. The molecule has 2 heterocycles. The van der Waals surface area contributed by atoms with Crippen LogP contribution in [0.25, 0.3) is 0 Å². The van der Waals surface area contributed by atoms with Crippen molar-refractivity contribution in [2.24, 2.45) is 5.92 Å². The molecule has 0 bridgehead atoms. The number of hydrogen-bond acceptors (Lipinski definition) is 4. The Morgan fingerprint density at radius 1 is 1.19 bits per heavy atom. The van der Waals surface area contributed by atoms with E-state index in [0.29, 0.717) is 10.8 Å². The maximum absolute atomic E-state index is 12.6. The van der Waals surface area contributed by atoms with E-state index in [0.717, 1.165) is 24.9 Å². The predicted molar refractivity (Wildman–Crippen MR) is 103 cm³/mol. The van der Waals surface area contributed by atoms with Crippen molar-refractivity contribution in [2.45, 2.75) is 45.6 Å². The lowest BCUT2D eigenvalue weighted by Gasteiger charge is -2.22. The monoisotopic (exact) mass is 369 g/mol. The molecule has 2 aromatic rings. The Bertz CT molecular complexity index is 857. The van der Waals surface area contributed by atoms with E-state index in [1.807, 2.05) is 37.3 Å². The molecule has 1 aromatic carbocycles. The van der Waals surface area contributed by atoms with Crippen LogP contribution >= 0.6 is 11.3 Å². The third-order valence-corrected chi connectivity index (χ3v) is 6.55. The van der Waals surface area contributed by atoms with Gasteiger partial charge in [-0.2, -0.15) is 0 Å². The van der Waals surface area contributed by atoms with Crippen LogP contribution in [-0.4, -0.2) is 24.5 Å². The lowest BCUT2D eigenvalue weighted by Crippen LogP contribution is -2.38. The first-order chi connectivity index (χ1) is 12.5. The summed E-state index contributed by atoms with van der Waals surface area (Å²) < 4.78 is 5.35. The molecule has 1 aliphatic carbocycles. The first kappa shape index (κ1) is 17.3. The predicted octanol–water partition coefficient (Wildman–Crippen LogP) is 4.01. The molecule has 4 nitrogen and oxygen atoms in total. The third kappa shape index (κ3) is 3.16. The number of rotatable bonds is 3. The van der Waals surface area contributed by atoms with Gasteiger partial charge in [-0.3, -0.25) is 4.79 Å². The Labute approximate surface area is 157 Å². The molecule has 0 N–H and O–H groups in total. The quantitative estimate of drug-likeness (QED) is 0.768. The van der Waals surface area contributed by atoms with Crippen molar-refractivity contribution >= 4 is 28.9 Å². The smallest absolute Gasteiger partial charge is 0.348 e. The first-order valence-corrected chi connectivity index (χ1v) is 10.0. The average molecular weight is 369 g/mol. The zero-order chi connectivity index (χ0) is 18.3. The average Bonchev–Trinajstić information content (AvgIpc) is 3.18. The van der Waals surface area contributed by atoms with Crippen LogP contribution in [0.4, 0.5) is 5.69 Å². The van der Waals surface area contributed by atoms with E-state index in [2.05, 4.69) is 6.92 Å². The molecule has 0 saturated heterocycles. The number of fused-ring (bicyclic) bond motifs is 2. The van der Waals surface area contributed by atoms with Crippen LogP contribution in [0.1, 0.15) is 45.9 Å². The highest BCUT2D eigenvalue weighted by atomic mass is 32.1. The number of aryl methyl sites for hydroxylation is 1. The van der Waals surface area contributed by atoms with Crippen molar-refractivity contribution in [1.82, 2.24) is 0 Å². The van der Waals surface area contributed by atoms with Crippen LogP contribution in [0.5, 0.6) is 0 Å². The second-order valence-electron chi connectivity index (χ2n) is 7.43. The summed E-state index contributed by atoms with van der Waals surface area (Å²) in [5.41, 5.74) is 3.37. The number of carbonyl (C=O) groups is 2. The number of carbonyl (C=O) groups excluding carboxylic acids is 2.